The lowest BCUT2D eigenvalue weighted by Crippen LogP contribution is -2.47. The van der Waals surface area contributed by atoms with Crippen LogP contribution in [0.2, 0.25) is 5.02 Å². The first-order valence-electron chi connectivity index (χ1n) is 5.68. The van der Waals surface area contributed by atoms with Crippen LogP contribution >= 0.6 is 11.6 Å². The Morgan fingerprint density at radius 2 is 2.21 bits per heavy atom. The molecule has 1 unspecified atom stereocenters. The van der Waals surface area contributed by atoms with Gasteiger partial charge in [-0.05, 0) is 19.1 Å². The Kier molecular flexibility index (Phi) is 4.00. The van der Waals surface area contributed by atoms with Gasteiger partial charge >= 0.3 is 0 Å². The molecule has 0 spiro atoms. The number of hydrogen-bond donors (Lipinski definition) is 1. The zero-order chi connectivity index (χ0) is 14.2. The van der Waals surface area contributed by atoms with Crippen LogP contribution in [-0.4, -0.2) is 38.5 Å². The fourth-order valence-corrected chi connectivity index (χ4v) is 3.98. The Bertz CT molecular complexity index is 594. The second-order valence-electron chi connectivity index (χ2n) is 4.35. The molecule has 1 atom stereocenters. The summed E-state index contributed by atoms with van der Waals surface area (Å²) < 4.78 is 45.2. The van der Waals surface area contributed by atoms with Gasteiger partial charge in [0, 0.05) is 17.6 Å². The average Bonchev–Trinajstić information content (AvgIpc) is 2.34. The highest BCUT2D eigenvalue weighted by atomic mass is 35.5. The van der Waals surface area contributed by atoms with Crippen molar-refractivity contribution in [2.24, 2.45) is 0 Å². The van der Waals surface area contributed by atoms with Crippen LogP contribution in [-0.2, 0) is 14.8 Å². The summed E-state index contributed by atoms with van der Waals surface area (Å²) in [4.78, 5) is -0.494. The van der Waals surface area contributed by atoms with Gasteiger partial charge in [-0.15, -0.1) is 0 Å². The summed E-state index contributed by atoms with van der Waals surface area (Å²) in [6, 6.07) is 1.89. The Hall–Kier alpha value is -0.890. The van der Waals surface area contributed by atoms with E-state index in [9.17, 15) is 12.8 Å². The number of hydrogen-bond acceptors (Lipinski definition) is 4. The maximum absolute atomic E-state index is 13.9. The molecule has 19 heavy (non-hydrogen) atoms. The van der Waals surface area contributed by atoms with Crippen LogP contribution in [0.4, 0.5) is 10.1 Å². The lowest BCUT2D eigenvalue weighted by Gasteiger charge is -2.32. The highest BCUT2D eigenvalue weighted by Crippen LogP contribution is 2.29. The van der Waals surface area contributed by atoms with Crippen LogP contribution in [0.3, 0.4) is 0 Å². The minimum Gasteiger partial charge on any atom is -0.396 e. The van der Waals surface area contributed by atoms with Gasteiger partial charge in [0.25, 0.3) is 0 Å². The lowest BCUT2D eigenvalue weighted by molar-refractivity contribution is 0.0392. The summed E-state index contributed by atoms with van der Waals surface area (Å²) in [6.45, 7) is 2.43. The number of nitrogens with two attached hydrogens (primary N) is 1. The molecule has 106 valence electrons. The summed E-state index contributed by atoms with van der Waals surface area (Å²) in [7, 11) is -3.97. The average molecular weight is 309 g/mol. The molecule has 1 aliphatic heterocycles. The molecule has 0 bridgehead atoms. The van der Waals surface area contributed by atoms with Gasteiger partial charge in [-0.1, -0.05) is 11.6 Å². The molecule has 0 saturated carbocycles. The van der Waals surface area contributed by atoms with Crippen LogP contribution in [0.25, 0.3) is 0 Å². The van der Waals surface area contributed by atoms with Crippen molar-refractivity contribution < 1.29 is 17.5 Å². The van der Waals surface area contributed by atoms with E-state index >= 15 is 0 Å². The lowest BCUT2D eigenvalue weighted by atomic mass is 10.3. The number of nitrogens with zero attached hydrogens (tertiary/aromatic N) is 1. The van der Waals surface area contributed by atoms with Crippen LogP contribution < -0.4 is 5.73 Å². The van der Waals surface area contributed by atoms with Crippen molar-refractivity contribution >= 4 is 27.3 Å². The molecular formula is C11H14ClFN2O3S. The molecule has 1 aromatic carbocycles. The molecule has 1 saturated heterocycles. The molecule has 0 radical (unpaired) electrons. The van der Waals surface area contributed by atoms with E-state index in [2.05, 4.69) is 0 Å². The largest absolute Gasteiger partial charge is 0.396 e. The fourth-order valence-electron chi connectivity index (χ4n) is 1.97. The Morgan fingerprint density at radius 3 is 2.84 bits per heavy atom. The number of halogens is 2. The minimum atomic E-state index is -3.97. The van der Waals surface area contributed by atoms with E-state index < -0.39 is 20.7 Å². The zero-order valence-corrected chi connectivity index (χ0v) is 11.8. The van der Waals surface area contributed by atoms with E-state index in [0.717, 1.165) is 6.07 Å². The SMILES string of the molecule is CC1COCCN1S(=O)(=O)c1cc(Cl)cc(N)c1F. The van der Waals surface area contributed by atoms with E-state index in [-0.39, 0.29) is 36.5 Å². The number of benzene rings is 1. The normalized spacial score (nSPS) is 21.5. The third-order valence-corrected chi connectivity index (χ3v) is 5.16. The molecular weight excluding hydrogens is 295 g/mol. The fraction of sp³-hybridized carbons (Fsp3) is 0.455. The molecule has 2 N–H and O–H groups in total. The molecule has 0 aromatic heterocycles. The predicted octanol–water partition coefficient (Wildman–Crippen LogP) is 1.47. The van der Waals surface area contributed by atoms with Crippen molar-refractivity contribution in [3.63, 3.8) is 0 Å². The number of nitrogen functional groups attached to an aromatic ring is 1. The summed E-state index contributed by atoms with van der Waals surface area (Å²) >= 11 is 5.75. The van der Waals surface area contributed by atoms with Crippen molar-refractivity contribution in [1.29, 1.82) is 0 Å². The Morgan fingerprint density at radius 1 is 1.53 bits per heavy atom. The Labute approximate surface area is 116 Å². The smallest absolute Gasteiger partial charge is 0.246 e. The molecule has 8 heteroatoms. The minimum absolute atomic E-state index is 0.0818. The first kappa shape index (κ1) is 14.5. The van der Waals surface area contributed by atoms with E-state index in [1.165, 1.54) is 10.4 Å². The second kappa shape index (κ2) is 5.24. The van der Waals surface area contributed by atoms with Gasteiger partial charge in [-0.3, -0.25) is 0 Å². The van der Waals surface area contributed by atoms with Gasteiger partial charge in [0.2, 0.25) is 10.0 Å². The van der Waals surface area contributed by atoms with Gasteiger partial charge < -0.3 is 10.5 Å². The number of anilines is 1. The van der Waals surface area contributed by atoms with Gasteiger partial charge in [0.15, 0.2) is 5.82 Å². The van der Waals surface area contributed by atoms with E-state index in [4.69, 9.17) is 22.1 Å². The maximum atomic E-state index is 13.9. The first-order valence-corrected chi connectivity index (χ1v) is 7.50. The van der Waals surface area contributed by atoms with Crippen molar-refractivity contribution in [3.05, 3.63) is 23.0 Å². The molecule has 1 heterocycles. The quantitative estimate of drug-likeness (QED) is 0.840. The summed E-state index contributed by atoms with van der Waals surface area (Å²) in [6.07, 6.45) is 0. The standard InChI is InChI=1S/C11H14ClFN2O3S/c1-7-6-18-3-2-15(7)19(16,17)10-5-8(12)4-9(14)11(10)13/h4-5,7H,2-3,6,14H2,1H3. The van der Waals surface area contributed by atoms with Crippen LogP contribution in [0, 0.1) is 5.82 Å². The van der Waals surface area contributed by atoms with Gasteiger partial charge in [0.1, 0.15) is 4.90 Å². The van der Waals surface area contributed by atoms with E-state index in [0.29, 0.717) is 0 Å². The van der Waals surface area contributed by atoms with Crippen LogP contribution in [0.15, 0.2) is 17.0 Å². The molecule has 1 aromatic rings. The number of rotatable bonds is 2. The van der Waals surface area contributed by atoms with E-state index in [1.54, 1.807) is 6.92 Å². The number of morpholine rings is 1. The molecule has 1 fully saturated rings. The van der Waals surface area contributed by atoms with Gasteiger partial charge in [-0.2, -0.15) is 4.31 Å². The molecule has 2 rings (SSSR count). The van der Waals surface area contributed by atoms with Gasteiger partial charge in [-0.25, -0.2) is 12.8 Å². The topological polar surface area (TPSA) is 72.6 Å². The highest BCUT2D eigenvalue weighted by Gasteiger charge is 2.34. The highest BCUT2D eigenvalue weighted by molar-refractivity contribution is 7.89. The monoisotopic (exact) mass is 308 g/mol. The van der Waals surface area contributed by atoms with Crippen LogP contribution in [0.1, 0.15) is 6.92 Å². The summed E-state index contributed by atoms with van der Waals surface area (Å²) in [5, 5.41) is 0.0818. The summed E-state index contributed by atoms with van der Waals surface area (Å²) in [5.41, 5.74) is 5.13. The molecule has 5 nitrogen and oxygen atoms in total. The molecule has 0 aliphatic carbocycles. The van der Waals surface area contributed by atoms with Crippen molar-refractivity contribution in [1.82, 2.24) is 4.31 Å². The molecule has 0 amide bonds. The predicted molar refractivity (Wildman–Crippen MR) is 70.0 cm³/mol. The number of sulfonamides is 1. The van der Waals surface area contributed by atoms with Crippen molar-refractivity contribution in [3.8, 4) is 0 Å². The van der Waals surface area contributed by atoms with E-state index in [1.807, 2.05) is 0 Å². The first-order chi connectivity index (χ1) is 8.84. The molecule has 1 aliphatic rings. The van der Waals surface area contributed by atoms with Crippen LogP contribution in [0.5, 0.6) is 0 Å². The zero-order valence-electron chi connectivity index (χ0n) is 10.3. The third-order valence-electron chi connectivity index (χ3n) is 2.93. The Balaban J connectivity index is 2.50. The summed E-state index contributed by atoms with van der Waals surface area (Å²) in [5.74, 6) is -0.969. The second-order valence-corrected chi connectivity index (χ2v) is 6.64. The van der Waals surface area contributed by atoms with Crippen molar-refractivity contribution in [2.75, 3.05) is 25.5 Å². The number of ether oxygens (including phenoxy) is 1. The van der Waals surface area contributed by atoms with Gasteiger partial charge in [0.05, 0.1) is 18.9 Å². The third kappa shape index (κ3) is 2.69. The maximum Gasteiger partial charge on any atom is 0.246 e. The van der Waals surface area contributed by atoms with Crippen molar-refractivity contribution in [2.45, 2.75) is 17.9 Å².